The Kier molecular flexibility index (Phi) is 5.16. The fourth-order valence-corrected chi connectivity index (χ4v) is 3.91. The van der Waals surface area contributed by atoms with Crippen molar-refractivity contribution in [3.05, 3.63) is 18.0 Å². The van der Waals surface area contributed by atoms with Gasteiger partial charge in [0.15, 0.2) is 0 Å². The number of nitrogens with zero attached hydrogens (tertiary/aromatic N) is 4. The topological polar surface area (TPSA) is 66.4 Å². The molecule has 0 saturated carbocycles. The van der Waals surface area contributed by atoms with Crippen LogP contribution in [0.5, 0.6) is 0 Å². The molecule has 0 bridgehead atoms. The van der Waals surface area contributed by atoms with Crippen molar-refractivity contribution in [2.45, 2.75) is 19.4 Å². The van der Waals surface area contributed by atoms with Gasteiger partial charge in [-0.3, -0.25) is 4.90 Å². The van der Waals surface area contributed by atoms with Crippen LogP contribution in [-0.4, -0.2) is 62.5 Å². The maximum atomic E-state index is 11.4. The number of hydrogen-bond donors (Lipinski definition) is 0. The smallest absolute Gasteiger partial charge is 0.224 e. The summed E-state index contributed by atoms with van der Waals surface area (Å²) >= 11 is 0. The van der Waals surface area contributed by atoms with Crippen LogP contribution in [0.25, 0.3) is 0 Å². The van der Waals surface area contributed by atoms with Crippen LogP contribution in [0.2, 0.25) is 0 Å². The zero-order valence-electron chi connectivity index (χ0n) is 13.0. The lowest BCUT2D eigenvalue weighted by Gasteiger charge is -2.32. The van der Waals surface area contributed by atoms with Crippen molar-refractivity contribution in [3.63, 3.8) is 0 Å². The van der Waals surface area contributed by atoms with Gasteiger partial charge < -0.3 is 4.90 Å². The molecular weight excluding hydrogens is 288 g/mol. The zero-order chi connectivity index (χ0) is 15.5. The summed E-state index contributed by atoms with van der Waals surface area (Å²) in [5, 5.41) is 0. The van der Waals surface area contributed by atoms with Gasteiger partial charge >= 0.3 is 0 Å². The number of likely N-dealkylation sites (tertiary alicyclic amines) is 1. The Hall–Kier alpha value is -1.21. The van der Waals surface area contributed by atoms with Crippen molar-refractivity contribution in [3.8, 4) is 0 Å². The minimum Gasteiger partial charge on any atom is -0.347 e. The lowest BCUT2D eigenvalue weighted by molar-refractivity contribution is 0.177. The van der Waals surface area contributed by atoms with E-state index in [1.54, 1.807) is 0 Å². The summed E-state index contributed by atoms with van der Waals surface area (Å²) in [6.07, 6.45) is 7.07. The second-order valence-corrected chi connectivity index (χ2v) is 8.31. The third kappa shape index (κ3) is 5.24. The first-order valence-corrected chi connectivity index (χ1v) is 9.28. The van der Waals surface area contributed by atoms with Gasteiger partial charge in [0.1, 0.15) is 9.84 Å². The molecule has 0 N–H and O–H groups in total. The van der Waals surface area contributed by atoms with Crippen LogP contribution >= 0.6 is 0 Å². The molecule has 118 valence electrons. The fourth-order valence-electron chi connectivity index (χ4n) is 2.78. The first kappa shape index (κ1) is 16.2. The van der Waals surface area contributed by atoms with Gasteiger partial charge in [-0.25, -0.2) is 18.4 Å². The van der Waals surface area contributed by atoms with Crippen molar-refractivity contribution in [2.75, 3.05) is 44.1 Å². The minimum atomic E-state index is -2.89. The number of hydrogen-bond acceptors (Lipinski definition) is 6. The molecule has 0 aliphatic carbocycles. The molecule has 1 aromatic heterocycles. The molecule has 1 aromatic rings. The molecule has 1 saturated heterocycles. The van der Waals surface area contributed by atoms with Crippen LogP contribution < -0.4 is 4.90 Å². The molecular formula is C14H24N4O2S. The fraction of sp³-hybridized carbons (Fsp3) is 0.714. The van der Waals surface area contributed by atoms with Crippen molar-refractivity contribution >= 4 is 15.8 Å². The Labute approximate surface area is 127 Å². The lowest BCUT2D eigenvalue weighted by atomic mass is 10.00. The third-order valence-electron chi connectivity index (χ3n) is 3.64. The molecule has 0 radical (unpaired) electrons. The molecule has 0 unspecified atom stereocenters. The van der Waals surface area contributed by atoms with Crippen LogP contribution in [0.3, 0.4) is 0 Å². The van der Waals surface area contributed by atoms with E-state index in [1.807, 2.05) is 31.4 Å². The number of rotatable bonds is 5. The number of piperidine rings is 1. The van der Waals surface area contributed by atoms with Crippen molar-refractivity contribution in [1.29, 1.82) is 0 Å². The van der Waals surface area contributed by atoms with Gasteiger partial charge in [0.05, 0.1) is 5.75 Å². The van der Waals surface area contributed by atoms with E-state index < -0.39 is 9.84 Å². The highest BCUT2D eigenvalue weighted by Crippen LogP contribution is 2.19. The largest absolute Gasteiger partial charge is 0.347 e. The van der Waals surface area contributed by atoms with Gasteiger partial charge in [-0.2, -0.15) is 0 Å². The quantitative estimate of drug-likeness (QED) is 0.801. The molecule has 6 nitrogen and oxygen atoms in total. The van der Waals surface area contributed by atoms with E-state index in [0.717, 1.165) is 38.0 Å². The molecule has 1 aliphatic heterocycles. The molecule has 0 amide bonds. The van der Waals surface area contributed by atoms with E-state index in [2.05, 4.69) is 14.9 Å². The van der Waals surface area contributed by atoms with Gasteiger partial charge in [-0.05, 0) is 25.3 Å². The van der Waals surface area contributed by atoms with Crippen molar-refractivity contribution in [2.24, 2.45) is 5.92 Å². The summed E-state index contributed by atoms with van der Waals surface area (Å²) in [4.78, 5) is 12.8. The summed E-state index contributed by atoms with van der Waals surface area (Å²) in [6.45, 7) is 2.63. The maximum absolute atomic E-state index is 11.4. The van der Waals surface area contributed by atoms with E-state index >= 15 is 0 Å². The standard InChI is InChI=1S/C14H24N4O2S/c1-17(2)14-15-7-13(8-16-14)10-18-6-4-5-12(9-18)11-21(3,19)20/h7-8,12H,4-6,9-11H2,1-3H3/t12-/m1/s1. The molecule has 0 aromatic carbocycles. The van der Waals surface area contributed by atoms with E-state index in [1.165, 1.54) is 6.26 Å². The van der Waals surface area contributed by atoms with E-state index in [9.17, 15) is 8.42 Å². The first-order chi connectivity index (χ1) is 9.83. The molecule has 21 heavy (non-hydrogen) atoms. The number of sulfone groups is 1. The molecule has 7 heteroatoms. The van der Waals surface area contributed by atoms with Crippen LogP contribution in [0.15, 0.2) is 12.4 Å². The predicted molar refractivity (Wildman–Crippen MR) is 84.1 cm³/mol. The van der Waals surface area contributed by atoms with E-state index in [0.29, 0.717) is 11.7 Å². The summed E-state index contributed by atoms with van der Waals surface area (Å²) < 4.78 is 22.8. The second-order valence-electron chi connectivity index (χ2n) is 6.12. The van der Waals surface area contributed by atoms with Gasteiger partial charge in [0.2, 0.25) is 5.95 Å². The summed E-state index contributed by atoms with van der Waals surface area (Å²) in [5.74, 6) is 1.24. The third-order valence-corrected chi connectivity index (χ3v) is 4.72. The number of anilines is 1. The monoisotopic (exact) mass is 312 g/mol. The van der Waals surface area contributed by atoms with E-state index in [4.69, 9.17) is 0 Å². The Morgan fingerprint density at radius 2 is 2.00 bits per heavy atom. The van der Waals surface area contributed by atoms with Crippen molar-refractivity contribution in [1.82, 2.24) is 14.9 Å². The first-order valence-electron chi connectivity index (χ1n) is 7.22. The molecule has 0 spiro atoms. The highest BCUT2D eigenvalue weighted by molar-refractivity contribution is 7.90. The molecule has 1 aliphatic rings. The molecule has 2 rings (SSSR count). The van der Waals surface area contributed by atoms with Crippen LogP contribution in [0, 0.1) is 5.92 Å². The average Bonchev–Trinajstić information content (AvgIpc) is 2.37. The van der Waals surface area contributed by atoms with Gasteiger partial charge in [-0.15, -0.1) is 0 Å². The highest BCUT2D eigenvalue weighted by atomic mass is 32.2. The predicted octanol–water partition coefficient (Wildman–Crippen LogP) is 0.799. The van der Waals surface area contributed by atoms with Crippen LogP contribution in [-0.2, 0) is 16.4 Å². The normalized spacial score (nSPS) is 20.4. The molecule has 1 fully saturated rings. The van der Waals surface area contributed by atoms with Crippen LogP contribution in [0.1, 0.15) is 18.4 Å². The maximum Gasteiger partial charge on any atom is 0.224 e. The zero-order valence-corrected chi connectivity index (χ0v) is 13.8. The van der Waals surface area contributed by atoms with Gasteiger partial charge in [0.25, 0.3) is 0 Å². The van der Waals surface area contributed by atoms with Crippen LogP contribution in [0.4, 0.5) is 5.95 Å². The number of aromatic nitrogens is 2. The molecule has 2 heterocycles. The Morgan fingerprint density at radius 1 is 1.33 bits per heavy atom. The van der Waals surface area contributed by atoms with Gasteiger partial charge in [-0.1, -0.05) is 0 Å². The second kappa shape index (κ2) is 6.70. The Morgan fingerprint density at radius 3 is 2.57 bits per heavy atom. The highest BCUT2D eigenvalue weighted by Gasteiger charge is 2.23. The minimum absolute atomic E-state index is 0.246. The lowest BCUT2D eigenvalue weighted by Crippen LogP contribution is -2.37. The summed E-state index contributed by atoms with van der Waals surface area (Å²) in [5.41, 5.74) is 1.07. The molecule has 1 atom stereocenters. The summed E-state index contributed by atoms with van der Waals surface area (Å²) in [6, 6.07) is 0. The average molecular weight is 312 g/mol. The Bertz CT molecular complexity index is 557. The van der Waals surface area contributed by atoms with Gasteiger partial charge in [0, 0.05) is 51.4 Å². The summed E-state index contributed by atoms with van der Waals surface area (Å²) in [7, 11) is 0.932. The van der Waals surface area contributed by atoms with Crippen molar-refractivity contribution < 1.29 is 8.42 Å². The SMILES string of the molecule is CN(C)c1ncc(CN2CCC[C@@H](CS(C)(=O)=O)C2)cn1. The van der Waals surface area contributed by atoms with E-state index in [-0.39, 0.29) is 5.92 Å². The Balaban J connectivity index is 1.93.